The summed E-state index contributed by atoms with van der Waals surface area (Å²) in [5.74, 6) is -0.494. The number of nitrogens with zero attached hydrogens (tertiary/aromatic N) is 1. The fraction of sp³-hybridized carbons (Fsp3) is 0.364. The predicted octanol–water partition coefficient (Wildman–Crippen LogP) is 6.17. The van der Waals surface area contributed by atoms with Gasteiger partial charge in [-0.2, -0.15) is 0 Å². The molecule has 2 aromatic carbocycles. The highest BCUT2D eigenvalue weighted by Gasteiger charge is 2.28. The number of carbonyl (C=O) groups is 2. The van der Waals surface area contributed by atoms with Gasteiger partial charge in [-0.3, -0.25) is 9.59 Å². The van der Waals surface area contributed by atoms with Crippen molar-refractivity contribution in [1.82, 2.24) is 10.2 Å². The van der Waals surface area contributed by atoms with Crippen molar-refractivity contribution >= 4 is 58.2 Å². The second-order valence-corrected chi connectivity index (χ2v) is 8.77. The molecule has 8 heteroatoms. The molecule has 30 heavy (non-hydrogen) atoms. The molecule has 2 atom stereocenters. The second kappa shape index (κ2) is 11.2. The van der Waals surface area contributed by atoms with Crippen LogP contribution in [0.4, 0.5) is 0 Å². The van der Waals surface area contributed by atoms with Crippen LogP contribution in [0.5, 0.6) is 0 Å². The largest absolute Gasteiger partial charge is 0.352 e. The monoisotopic (exact) mass is 488 g/mol. The maximum atomic E-state index is 13.2. The fourth-order valence-electron chi connectivity index (χ4n) is 2.83. The van der Waals surface area contributed by atoms with Crippen LogP contribution < -0.4 is 5.32 Å². The molecule has 0 aromatic heterocycles. The summed E-state index contributed by atoms with van der Waals surface area (Å²) in [5.41, 5.74) is 1.28. The predicted molar refractivity (Wildman–Crippen MR) is 125 cm³/mol. The number of carbonyl (C=O) groups excluding carboxylic acids is 2. The molecule has 0 radical (unpaired) electrons. The molecule has 1 N–H and O–H groups in total. The molecule has 0 saturated carbocycles. The molecular weight excluding hydrogens is 466 g/mol. The Labute approximate surface area is 197 Å². The zero-order valence-corrected chi connectivity index (χ0v) is 20.0. The van der Waals surface area contributed by atoms with Gasteiger partial charge in [0.15, 0.2) is 0 Å². The van der Waals surface area contributed by atoms with Gasteiger partial charge in [0.25, 0.3) is 0 Å². The number of rotatable bonds is 8. The normalized spacial score (nSPS) is 12.9. The quantitative estimate of drug-likeness (QED) is 0.481. The van der Waals surface area contributed by atoms with E-state index in [1.54, 1.807) is 43.3 Å². The molecule has 0 saturated heterocycles. The SMILES string of the molecule is CC[C@@H](C)NC(=O)[C@H](C)N(Cc1c(Cl)cccc1Cl)C(=O)Cc1ccc(Cl)c(Cl)c1. The van der Waals surface area contributed by atoms with E-state index in [0.29, 0.717) is 31.2 Å². The average Bonchev–Trinajstić information content (AvgIpc) is 2.69. The molecule has 2 rings (SSSR count). The second-order valence-electron chi connectivity index (χ2n) is 7.14. The average molecular weight is 490 g/mol. The molecule has 2 amide bonds. The minimum atomic E-state index is -0.721. The van der Waals surface area contributed by atoms with Crippen LogP contribution in [0.1, 0.15) is 38.3 Å². The molecule has 162 valence electrons. The number of amides is 2. The summed E-state index contributed by atoms with van der Waals surface area (Å²) in [5, 5.41) is 4.57. The standard InChI is InChI=1S/C22H24Cl4N2O2/c1-4-13(2)27-22(30)14(3)28(12-16-17(23)6-5-7-18(16)24)21(29)11-15-8-9-19(25)20(26)10-15/h5-10,13-14H,4,11-12H2,1-3H3,(H,27,30)/t13-,14+/m1/s1. The van der Waals surface area contributed by atoms with Crippen LogP contribution in [0.15, 0.2) is 36.4 Å². The Morgan fingerprint density at radius 3 is 2.17 bits per heavy atom. The number of hydrogen-bond donors (Lipinski definition) is 1. The number of hydrogen-bond acceptors (Lipinski definition) is 2. The van der Waals surface area contributed by atoms with Gasteiger partial charge in [0.2, 0.25) is 11.8 Å². The van der Waals surface area contributed by atoms with Gasteiger partial charge < -0.3 is 10.2 Å². The summed E-state index contributed by atoms with van der Waals surface area (Å²) in [7, 11) is 0. The lowest BCUT2D eigenvalue weighted by atomic mass is 10.1. The van der Waals surface area contributed by atoms with Crippen LogP contribution in [-0.2, 0) is 22.6 Å². The van der Waals surface area contributed by atoms with Crippen molar-refractivity contribution in [1.29, 1.82) is 0 Å². The van der Waals surface area contributed by atoms with E-state index in [4.69, 9.17) is 46.4 Å². The van der Waals surface area contributed by atoms with Gasteiger partial charge in [-0.05, 0) is 50.1 Å². The summed E-state index contributed by atoms with van der Waals surface area (Å²) < 4.78 is 0. The van der Waals surface area contributed by atoms with Crippen LogP contribution in [0.25, 0.3) is 0 Å². The first kappa shape index (κ1) is 24.8. The molecule has 0 aliphatic heterocycles. The van der Waals surface area contributed by atoms with Gasteiger partial charge >= 0.3 is 0 Å². The third kappa shape index (κ3) is 6.52. The first-order valence-electron chi connectivity index (χ1n) is 9.60. The Bertz CT molecular complexity index is 900. The van der Waals surface area contributed by atoms with Crippen LogP contribution >= 0.6 is 46.4 Å². The molecule has 4 nitrogen and oxygen atoms in total. The Balaban J connectivity index is 2.32. The lowest BCUT2D eigenvalue weighted by Crippen LogP contribution is -2.50. The summed E-state index contributed by atoms with van der Waals surface area (Å²) in [6.07, 6.45) is 0.839. The molecule has 2 aromatic rings. The van der Waals surface area contributed by atoms with Gasteiger partial charge in [-0.25, -0.2) is 0 Å². The van der Waals surface area contributed by atoms with Gasteiger partial charge in [-0.1, -0.05) is 65.5 Å². The van der Waals surface area contributed by atoms with E-state index in [1.807, 2.05) is 13.8 Å². The van der Waals surface area contributed by atoms with Crippen molar-refractivity contribution in [3.63, 3.8) is 0 Å². The molecular formula is C22H24Cl4N2O2. The lowest BCUT2D eigenvalue weighted by Gasteiger charge is -2.30. The topological polar surface area (TPSA) is 49.4 Å². The number of nitrogens with one attached hydrogen (secondary N) is 1. The smallest absolute Gasteiger partial charge is 0.242 e. The molecule has 0 fully saturated rings. The Morgan fingerprint density at radius 1 is 0.967 bits per heavy atom. The summed E-state index contributed by atoms with van der Waals surface area (Å²) in [6.45, 7) is 5.69. The van der Waals surface area contributed by atoms with E-state index in [2.05, 4.69) is 5.32 Å². The summed E-state index contributed by atoms with van der Waals surface area (Å²) >= 11 is 24.7. The van der Waals surface area contributed by atoms with Crippen molar-refractivity contribution in [2.24, 2.45) is 0 Å². The Hall–Kier alpha value is -1.46. The summed E-state index contributed by atoms with van der Waals surface area (Å²) in [6, 6.07) is 9.43. The van der Waals surface area contributed by atoms with Crippen LogP contribution in [0, 0.1) is 0 Å². The molecule has 0 bridgehead atoms. The van der Waals surface area contributed by atoms with Gasteiger partial charge in [0, 0.05) is 28.2 Å². The van der Waals surface area contributed by atoms with Crippen LogP contribution in [0.3, 0.4) is 0 Å². The Kier molecular flexibility index (Phi) is 9.30. The highest BCUT2D eigenvalue weighted by atomic mass is 35.5. The number of halogens is 4. The summed E-state index contributed by atoms with van der Waals surface area (Å²) in [4.78, 5) is 27.5. The number of benzene rings is 2. The molecule has 0 aliphatic carbocycles. The van der Waals surface area contributed by atoms with E-state index < -0.39 is 6.04 Å². The minimum absolute atomic E-state index is 0.00382. The molecule has 0 heterocycles. The molecule has 0 spiro atoms. The minimum Gasteiger partial charge on any atom is -0.352 e. The third-order valence-corrected chi connectivity index (χ3v) is 6.35. The van der Waals surface area contributed by atoms with E-state index in [-0.39, 0.29) is 30.8 Å². The zero-order valence-electron chi connectivity index (χ0n) is 17.0. The highest BCUT2D eigenvalue weighted by Crippen LogP contribution is 2.27. The zero-order chi connectivity index (χ0) is 22.4. The lowest BCUT2D eigenvalue weighted by molar-refractivity contribution is -0.140. The van der Waals surface area contributed by atoms with E-state index in [1.165, 1.54) is 4.90 Å². The fourth-order valence-corrected chi connectivity index (χ4v) is 3.67. The van der Waals surface area contributed by atoms with Gasteiger partial charge in [-0.15, -0.1) is 0 Å². The van der Waals surface area contributed by atoms with Gasteiger partial charge in [0.05, 0.1) is 16.5 Å². The van der Waals surface area contributed by atoms with Crippen molar-refractivity contribution in [2.75, 3.05) is 0 Å². The van der Waals surface area contributed by atoms with Crippen LogP contribution in [0.2, 0.25) is 20.1 Å². The van der Waals surface area contributed by atoms with Crippen molar-refractivity contribution in [3.8, 4) is 0 Å². The highest BCUT2D eigenvalue weighted by molar-refractivity contribution is 6.42. The first-order valence-corrected chi connectivity index (χ1v) is 11.1. The van der Waals surface area contributed by atoms with Gasteiger partial charge in [0.1, 0.15) is 6.04 Å². The Morgan fingerprint density at radius 2 is 1.60 bits per heavy atom. The maximum absolute atomic E-state index is 13.2. The van der Waals surface area contributed by atoms with Crippen molar-refractivity contribution in [3.05, 3.63) is 67.6 Å². The third-order valence-electron chi connectivity index (χ3n) is 4.90. The van der Waals surface area contributed by atoms with Crippen LogP contribution in [-0.4, -0.2) is 28.8 Å². The van der Waals surface area contributed by atoms with E-state index >= 15 is 0 Å². The maximum Gasteiger partial charge on any atom is 0.242 e. The van der Waals surface area contributed by atoms with Crippen molar-refractivity contribution < 1.29 is 9.59 Å². The molecule has 0 unspecified atom stereocenters. The van der Waals surface area contributed by atoms with E-state index in [0.717, 1.165) is 6.42 Å². The van der Waals surface area contributed by atoms with E-state index in [9.17, 15) is 9.59 Å². The molecule has 0 aliphatic rings. The first-order chi connectivity index (χ1) is 14.1. The van der Waals surface area contributed by atoms with Crippen molar-refractivity contribution in [2.45, 2.75) is 52.2 Å².